The molecule has 1 aliphatic rings. The zero-order valence-electron chi connectivity index (χ0n) is 13.4. The van der Waals surface area contributed by atoms with E-state index in [1.807, 2.05) is 12.1 Å². The Morgan fingerprint density at radius 1 is 1.14 bits per heavy atom. The van der Waals surface area contributed by atoms with Crippen LogP contribution in [-0.2, 0) is 6.42 Å². The molecule has 0 aliphatic heterocycles. The summed E-state index contributed by atoms with van der Waals surface area (Å²) >= 11 is 0. The van der Waals surface area contributed by atoms with Gasteiger partial charge in [-0.05, 0) is 43.4 Å². The van der Waals surface area contributed by atoms with Crippen LogP contribution in [0.2, 0.25) is 0 Å². The minimum Gasteiger partial charge on any atom is -0.314 e. The van der Waals surface area contributed by atoms with Crippen LogP contribution in [0.15, 0.2) is 24.3 Å². The van der Waals surface area contributed by atoms with Crippen LogP contribution in [0.1, 0.15) is 63.9 Å². The monoisotopic (exact) mass is 291 g/mol. The number of hydrogen-bond donors (Lipinski definition) is 1. The van der Waals surface area contributed by atoms with Crippen molar-refractivity contribution < 1.29 is 4.39 Å². The van der Waals surface area contributed by atoms with Crippen LogP contribution < -0.4 is 5.32 Å². The molecule has 2 heteroatoms. The van der Waals surface area contributed by atoms with Gasteiger partial charge in [0.15, 0.2) is 0 Å². The van der Waals surface area contributed by atoms with Gasteiger partial charge in [0.05, 0.1) is 0 Å². The van der Waals surface area contributed by atoms with Crippen molar-refractivity contribution in [2.75, 3.05) is 6.54 Å². The number of hydrogen-bond acceptors (Lipinski definition) is 1. The van der Waals surface area contributed by atoms with Crippen LogP contribution >= 0.6 is 0 Å². The number of rotatable bonds is 7. The second kappa shape index (κ2) is 9.19. The predicted molar refractivity (Wildman–Crippen MR) is 88.0 cm³/mol. The van der Waals surface area contributed by atoms with Gasteiger partial charge in [0.2, 0.25) is 0 Å². The van der Waals surface area contributed by atoms with Gasteiger partial charge >= 0.3 is 0 Å². The quantitative estimate of drug-likeness (QED) is 0.689. The first-order valence-corrected chi connectivity index (χ1v) is 8.76. The van der Waals surface area contributed by atoms with E-state index in [-0.39, 0.29) is 5.82 Å². The van der Waals surface area contributed by atoms with E-state index < -0.39 is 0 Å². The molecule has 1 N–H and O–H groups in total. The topological polar surface area (TPSA) is 12.0 Å². The largest absolute Gasteiger partial charge is 0.314 e. The van der Waals surface area contributed by atoms with Gasteiger partial charge in [-0.1, -0.05) is 63.6 Å². The normalized spacial score (nSPS) is 18.4. The summed E-state index contributed by atoms with van der Waals surface area (Å²) in [5.74, 6) is 0.773. The van der Waals surface area contributed by atoms with E-state index in [1.54, 1.807) is 12.1 Å². The lowest BCUT2D eigenvalue weighted by atomic mass is 9.89. The molecule has 0 amide bonds. The highest BCUT2D eigenvalue weighted by molar-refractivity contribution is 5.18. The highest BCUT2D eigenvalue weighted by atomic mass is 19.1. The fourth-order valence-corrected chi connectivity index (χ4v) is 3.52. The minimum absolute atomic E-state index is 0.0540. The Hall–Kier alpha value is -0.890. The van der Waals surface area contributed by atoms with Gasteiger partial charge in [-0.3, -0.25) is 0 Å². The first-order chi connectivity index (χ1) is 10.3. The Morgan fingerprint density at radius 2 is 1.86 bits per heavy atom. The van der Waals surface area contributed by atoms with Gasteiger partial charge in [-0.2, -0.15) is 0 Å². The van der Waals surface area contributed by atoms with Crippen molar-refractivity contribution in [3.63, 3.8) is 0 Å². The lowest BCUT2D eigenvalue weighted by Gasteiger charge is -2.24. The first kappa shape index (κ1) is 16.5. The van der Waals surface area contributed by atoms with E-state index in [9.17, 15) is 4.39 Å². The SMILES string of the molecule is CCCNC(Cc1ccccc1F)CC1CCCCCC1. The Labute approximate surface area is 129 Å². The molecule has 2 rings (SSSR count). The summed E-state index contributed by atoms with van der Waals surface area (Å²) in [5, 5.41) is 3.65. The zero-order valence-corrected chi connectivity index (χ0v) is 13.4. The van der Waals surface area contributed by atoms with Crippen LogP contribution in [0, 0.1) is 11.7 Å². The average Bonchev–Trinajstić information content (AvgIpc) is 2.75. The molecule has 0 bridgehead atoms. The molecule has 0 aromatic heterocycles. The molecule has 1 saturated carbocycles. The maximum absolute atomic E-state index is 13.9. The van der Waals surface area contributed by atoms with Crippen LogP contribution in [0.4, 0.5) is 4.39 Å². The number of halogens is 1. The van der Waals surface area contributed by atoms with E-state index in [1.165, 1.54) is 44.9 Å². The van der Waals surface area contributed by atoms with Crippen molar-refractivity contribution in [1.29, 1.82) is 0 Å². The minimum atomic E-state index is -0.0540. The van der Waals surface area contributed by atoms with Gasteiger partial charge in [0, 0.05) is 6.04 Å². The van der Waals surface area contributed by atoms with Gasteiger partial charge in [-0.25, -0.2) is 4.39 Å². The lowest BCUT2D eigenvalue weighted by molar-refractivity contribution is 0.347. The molecule has 0 heterocycles. The summed E-state index contributed by atoms with van der Waals surface area (Å²) in [6, 6.07) is 7.66. The van der Waals surface area contributed by atoms with Crippen LogP contribution in [0.5, 0.6) is 0 Å². The third-order valence-electron chi connectivity index (χ3n) is 4.70. The smallest absolute Gasteiger partial charge is 0.126 e. The summed E-state index contributed by atoms with van der Waals surface area (Å²) in [6.45, 7) is 3.23. The van der Waals surface area contributed by atoms with Gasteiger partial charge in [-0.15, -0.1) is 0 Å². The van der Waals surface area contributed by atoms with E-state index >= 15 is 0 Å². The van der Waals surface area contributed by atoms with Crippen molar-refractivity contribution in [1.82, 2.24) is 5.32 Å². The van der Waals surface area contributed by atoms with E-state index in [2.05, 4.69) is 12.2 Å². The third kappa shape index (κ3) is 5.78. The molecule has 1 aromatic rings. The number of nitrogens with one attached hydrogen (secondary N) is 1. The molecule has 1 nitrogen and oxygen atoms in total. The summed E-state index contributed by atoms with van der Waals surface area (Å²) < 4.78 is 13.9. The second-order valence-corrected chi connectivity index (χ2v) is 6.54. The average molecular weight is 291 g/mol. The van der Waals surface area contributed by atoms with Crippen molar-refractivity contribution in [2.24, 2.45) is 5.92 Å². The van der Waals surface area contributed by atoms with Crippen LogP contribution in [0.25, 0.3) is 0 Å². The van der Waals surface area contributed by atoms with E-state index in [0.29, 0.717) is 6.04 Å². The molecule has 1 aromatic carbocycles. The first-order valence-electron chi connectivity index (χ1n) is 8.76. The summed E-state index contributed by atoms with van der Waals surface area (Å²) in [5.41, 5.74) is 0.861. The fourth-order valence-electron chi connectivity index (χ4n) is 3.52. The van der Waals surface area contributed by atoms with Crippen LogP contribution in [-0.4, -0.2) is 12.6 Å². The summed E-state index contributed by atoms with van der Waals surface area (Å²) in [4.78, 5) is 0. The highest BCUT2D eigenvalue weighted by Crippen LogP contribution is 2.27. The zero-order chi connectivity index (χ0) is 14.9. The van der Waals surface area contributed by atoms with Crippen molar-refractivity contribution >= 4 is 0 Å². The Morgan fingerprint density at radius 3 is 2.52 bits per heavy atom. The van der Waals surface area contributed by atoms with Crippen LogP contribution in [0.3, 0.4) is 0 Å². The summed E-state index contributed by atoms with van der Waals surface area (Å²) in [7, 11) is 0. The highest BCUT2D eigenvalue weighted by Gasteiger charge is 2.19. The molecular formula is C19H30FN. The van der Waals surface area contributed by atoms with Gasteiger partial charge in [0.1, 0.15) is 5.82 Å². The van der Waals surface area contributed by atoms with Gasteiger partial charge in [0.25, 0.3) is 0 Å². The molecular weight excluding hydrogens is 261 g/mol. The molecule has 0 spiro atoms. The third-order valence-corrected chi connectivity index (χ3v) is 4.70. The number of benzene rings is 1. The van der Waals surface area contributed by atoms with Crippen molar-refractivity contribution in [3.05, 3.63) is 35.6 Å². The molecule has 1 unspecified atom stereocenters. The molecule has 0 radical (unpaired) electrons. The molecule has 21 heavy (non-hydrogen) atoms. The predicted octanol–water partition coefficient (Wildman–Crippen LogP) is 5.10. The summed E-state index contributed by atoms with van der Waals surface area (Å²) in [6.07, 6.45) is 11.4. The lowest BCUT2D eigenvalue weighted by Crippen LogP contribution is -2.34. The van der Waals surface area contributed by atoms with E-state index in [0.717, 1.165) is 30.9 Å². The fraction of sp³-hybridized carbons (Fsp3) is 0.684. The van der Waals surface area contributed by atoms with Crippen molar-refractivity contribution in [2.45, 2.75) is 70.8 Å². The van der Waals surface area contributed by atoms with Crippen molar-refractivity contribution in [3.8, 4) is 0 Å². The molecule has 0 saturated heterocycles. The maximum atomic E-state index is 13.9. The Balaban J connectivity index is 1.94. The van der Waals surface area contributed by atoms with Gasteiger partial charge < -0.3 is 5.32 Å². The Kier molecular flexibility index (Phi) is 7.21. The van der Waals surface area contributed by atoms with E-state index in [4.69, 9.17) is 0 Å². The maximum Gasteiger partial charge on any atom is 0.126 e. The Bertz CT molecular complexity index is 396. The molecule has 1 fully saturated rings. The molecule has 1 atom stereocenters. The molecule has 118 valence electrons. The second-order valence-electron chi connectivity index (χ2n) is 6.54. The standard InChI is InChI=1S/C19H30FN/c1-2-13-21-18(14-16-9-5-3-4-6-10-16)15-17-11-7-8-12-19(17)20/h7-8,11-12,16,18,21H,2-6,9-10,13-15H2,1H3. The molecule has 1 aliphatic carbocycles.